The minimum Gasteiger partial charge on any atom is -0.494 e. The van der Waals surface area contributed by atoms with Crippen LogP contribution in [0.25, 0.3) is 6.08 Å². The number of carbonyl (C=O) groups excluding carboxylic acids is 4. The van der Waals surface area contributed by atoms with Crippen molar-refractivity contribution in [2.45, 2.75) is 6.92 Å². The maximum atomic E-state index is 12.9. The summed E-state index contributed by atoms with van der Waals surface area (Å²) in [5.74, 6) is -2.04. The lowest BCUT2D eigenvalue weighted by molar-refractivity contribution is -0.136. The summed E-state index contributed by atoms with van der Waals surface area (Å²) < 4.78 is 10.7. The number of esters is 1. The second kappa shape index (κ2) is 15.1. The summed E-state index contributed by atoms with van der Waals surface area (Å²) in [5, 5.41) is 8.99. The molecule has 0 fully saturated rings. The van der Waals surface area contributed by atoms with E-state index < -0.39 is 23.7 Å². The van der Waals surface area contributed by atoms with Crippen LogP contribution < -0.4 is 25.5 Å². The largest absolute Gasteiger partial charge is 0.494 e. The number of ether oxygens (including phenoxy) is 2. The Bertz CT molecular complexity index is 1630. The van der Waals surface area contributed by atoms with Crippen molar-refractivity contribution in [2.75, 3.05) is 17.2 Å². The highest BCUT2D eigenvalue weighted by Gasteiger charge is 2.18. The third-order valence-corrected chi connectivity index (χ3v) is 5.74. The second-order valence-corrected chi connectivity index (χ2v) is 8.84. The van der Waals surface area contributed by atoms with Crippen molar-refractivity contribution in [3.8, 4) is 11.5 Å². The lowest BCUT2D eigenvalue weighted by Crippen LogP contribution is -2.33. The standard InChI is InChI=1S/C33H28N4O6/c1-2-42-26-19-15-25(16-20-26)35-31(39)28-10-6-7-11-29(28)36-32(40)33(41)37-34-22-24-12-17-27(18-13-24)43-30(38)21-14-23-8-4-3-5-9-23/h3-22H,2H2,1H3,(H,35,39)(H,36,40)(H,37,41)/b21-14+,34-22+. The maximum Gasteiger partial charge on any atom is 0.336 e. The molecular formula is C33H28N4O6. The fourth-order valence-electron chi connectivity index (χ4n) is 3.69. The average Bonchev–Trinajstić information content (AvgIpc) is 3.02. The summed E-state index contributed by atoms with van der Waals surface area (Å²) in [7, 11) is 0. The number of hydrazone groups is 1. The fraction of sp³-hybridized carbons (Fsp3) is 0.0606. The first-order valence-electron chi connectivity index (χ1n) is 13.2. The molecule has 0 atom stereocenters. The van der Waals surface area contributed by atoms with Gasteiger partial charge in [-0.25, -0.2) is 10.2 Å². The van der Waals surface area contributed by atoms with Crippen LogP contribution in [0.4, 0.5) is 11.4 Å². The Kier molecular flexibility index (Phi) is 10.5. The van der Waals surface area contributed by atoms with Crippen LogP contribution in [0.15, 0.2) is 114 Å². The van der Waals surface area contributed by atoms with Gasteiger partial charge in [0, 0.05) is 11.8 Å². The molecule has 3 N–H and O–H groups in total. The zero-order valence-corrected chi connectivity index (χ0v) is 23.2. The molecular weight excluding hydrogens is 548 g/mol. The molecule has 10 nitrogen and oxygen atoms in total. The molecule has 0 aliphatic carbocycles. The number of rotatable bonds is 10. The van der Waals surface area contributed by atoms with Gasteiger partial charge < -0.3 is 20.1 Å². The molecule has 10 heteroatoms. The predicted molar refractivity (Wildman–Crippen MR) is 164 cm³/mol. The molecule has 0 aliphatic heterocycles. The Balaban J connectivity index is 1.27. The number of benzene rings is 4. The topological polar surface area (TPSA) is 135 Å². The molecule has 216 valence electrons. The van der Waals surface area contributed by atoms with Crippen molar-refractivity contribution in [2.24, 2.45) is 5.10 Å². The molecule has 0 heterocycles. The number of hydrogen-bond acceptors (Lipinski definition) is 7. The summed E-state index contributed by atoms with van der Waals surface area (Å²) in [6, 6.07) is 28.9. The molecule has 0 spiro atoms. The van der Waals surface area contributed by atoms with Crippen molar-refractivity contribution in [3.63, 3.8) is 0 Å². The van der Waals surface area contributed by atoms with Crippen LogP contribution in [0.3, 0.4) is 0 Å². The van der Waals surface area contributed by atoms with Crippen LogP contribution in [0.2, 0.25) is 0 Å². The molecule has 0 aromatic heterocycles. The van der Waals surface area contributed by atoms with E-state index in [-0.39, 0.29) is 11.3 Å². The molecule has 0 radical (unpaired) electrons. The number of amides is 3. The summed E-state index contributed by atoms with van der Waals surface area (Å²) in [4.78, 5) is 49.7. The van der Waals surface area contributed by atoms with E-state index in [9.17, 15) is 19.2 Å². The van der Waals surface area contributed by atoms with Crippen molar-refractivity contribution in [3.05, 3.63) is 126 Å². The van der Waals surface area contributed by atoms with E-state index in [4.69, 9.17) is 9.47 Å². The number of anilines is 2. The lowest BCUT2D eigenvalue weighted by Gasteiger charge is -2.11. The monoisotopic (exact) mass is 576 g/mol. The third kappa shape index (κ3) is 9.25. The molecule has 0 bridgehead atoms. The SMILES string of the molecule is CCOc1ccc(NC(=O)c2ccccc2NC(=O)C(=O)N/N=C/c2ccc(OC(=O)/C=C/c3ccccc3)cc2)cc1. The Morgan fingerprint density at radius 3 is 2.12 bits per heavy atom. The summed E-state index contributed by atoms with van der Waals surface area (Å²) in [6.07, 6.45) is 4.31. The van der Waals surface area contributed by atoms with E-state index >= 15 is 0 Å². The summed E-state index contributed by atoms with van der Waals surface area (Å²) in [6.45, 7) is 2.40. The van der Waals surface area contributed by atoms with E-state index in [1.807, 2.05) is 37.3 Å². The van der Waals surface area contributed by atoms with Crippen LogP contribution in [-0.2, 0) is 14.4 Å². The first-order chi connectivity index (χ1) is 20.9. The third-order valence-electron chi connectivity index (χ3n) is 5.74. The van der Waals surface area contributed by atoms with Crippen LogP contribution in [0.5, 0.6) is 11.5 Å². The normalized spacial score (nSPS) is 10.7. The highest BCUT2D eigenvalue weighted by molar-refractivity contribution is 6.40. The van der Waals surface area contributed by atoms with Crippen molar-refractivity contribution < 1.29 is 28.7 Å². The zero-order chi connectivity index (χ0) is 30.4. The van der Waals surface area contributed by atoms with Crippen LogP contribution in [0, 0.1) is 0 Å². The first kappa shape index (κ1) is 29.9. The van der Waals surface area contributed by atoms with Gasteiger partial charge in [0.1, 0.15) is 11.5 Å². The van der Waals surface area contributed by atoms with Gasteiger partial charge in [0.05, 0.1) is 24.1 Å². The summed E-state index contributed by atoms with van der Waals surface area (Å²) >= 11 is 0. The zero-order valence-electron chi connectivity index (χ0n) is 23.2. The minimum absolute atomic E-state index is 0.152. The minimum atomic E-state index is -1.03. The fourth-order valence-corrected chi connectivity index (χ4v) is 3.69. The maximum absolute atomic E-state index is 12.9. The smallest absolute Gasteiger partial charge is 0.336 e. The number of carbonyl (C=O) groups is 4. The summed E-state index contributed by atoms with van der Waals surface area (Å²) in [5.41, 5.74) is 4.45. The van der Waals surface area contributed by atoms with Crippen molar-refractivity contribution >= 4 is 47.4 Å². The highest BCUT2D eigenvalue weighted by Crippen LogP contribution is 2.20. The first-order valence-corrected chi connectivity index (χ1v) is 13.2. The number of nitrogens with one attached hydrogen (secondary N) is 3. The Labute approximate surface area is 248 Å². The van der Waals surface area contributed by atoms with Gasteiger partial charge in [-0.1, -0.05) is 42.5 Å². The Morgan fingerprint density at radius 2 is 1.40 bits per heavy atom. The molecule has 43 heavy (non-hydrogen) atoms. The van der Waals surface area contributed by atoms with Crippen molar-refractivity contribution in [1.29, 1.82) is 0 Å². The molecule has 0 aliphatic rings. The Morgan fingerprint density at radius 1 is 0.721 bits per heavy atom. The molecule has 0 saturated heterocycles. The molecule has 4 aromatic carbocycles. The van der Waals surface area contributed by atoms with Gasteiger partial charge in [-0.15, -0.1) is 0 Å². The number of hydrogen-bond donors (Lipinski definition) is 3. The van der Waals surface area contributed by atoms with Crippen LogP contribution in [0.1, 0.15) is 28.4 Å². The van der Waals surface area contributed by atoms with Crippen molar-refractivity contribution in [1.82, 2.24) is 5.43 Å². The quantitative estimate of drug-likeness (QED) is 0.0604. The molecule has 4 aromatic rings. The van der Waals surface area contributed by atoms with E-state index in [1.54, 1.807) is 66.7 Å². The van der Waals surface area contributed by atoms with Gasteiger partial charge in [0.15, 0.2) is 0 Å². The predicted octanol–water partition coefficient (Wildman–Crippen LogP) is 5.05. The molecule has 0 unspecified atom stereocenters. The molecule has 3 amide bonds. The van der Waals surface area contributed by atoms with Gasteiger partial charge in [0.25, 0.3) is 5.91 Å². The van der Waals surface area contributed by atoms with E-state index in [2.05, 4.69) is 21.2 Å². The van der Waals surface area contributed by atoms with E-state index in [1.165, 1.54) is 24.4 Å². The number of para-hydroxylation sites is 1. The van der Waals surface area contributed by atoms with Gasteiger partial charge in [0.2, 0.25) is 0 Å². The second-order valence-electron chi connectivity index (χ2n) is 8.84. The van der Waals surface area contributed by atoms with Crippen LogP contribution in [-0.4, -0.2) is 36.5 Å². The van der Waals surface area contributed by atoms with Gasteiger partial charge in [-0.2, -0.15) is 5.10 Å². The highest BCUT2D eigenvalue weighted by atomic mass is 16.5. The van der Waals surface area contributed by atoms with Gasteiger partial charge in [-0.3, -0.25) is 14.4 Å². The van der Waals surface area contributed by atoms with Gasteiger partial charge in [-0.05, 0) is 84.8 Å². The van der Waals surface area contributed by atoms with Crippen LogP contribution >= 0.6 is 0 Å². The molecule has 0 saturated carbocycles. The number of nitrogens with zero attached hydrogens (tertiary/aromatic N) is 1. The molecule has 4 rings (SSSR count). The van der Waals surface area contributed by atoms with Gasteiger partial charge >= 0.3 is 17.8 Å². The lowest BCUT2D eigenvalue weighted by atomic mass is 10.1. The van der Waals surface area contributed by atoms with E-state index in [0.29, 0.717) is 29.4 Å². The average molecular weight is 577 g/mol. The Hall–Kier alpha value is -6.03. The van der Waals surface area contributed by atoms with E-state index in [0.717, 1.165) is 5.56 Å².